The van der Waals surface area contributed by atoms with Crippen molar-refractivity contribution in [2.45, 2.75) is 6.92 Å². The summed E-state index contributed by atoms with van der Waals surface area (Å²) in [6.45, 7) is 4.03. The Bertz CT molecular complexity index is 300. The number of nitrogens with one attached hydrogen (secondary N) is 1. The van der Waals surface area contributed by atoms with E-state index in [4.69, 9.17) is 11.5 Å². The van der Waals surface area contributed by atoms with Crippen LogP contribution < -0.4 is 16.9 Å². The van der Waals surface area contributed by atoms with Gasteiger partial charge in [0, 0.05) is 5.57 Å². The van der Waals surface area contributed by atoms with E-state index in [9.17, 15) is 14.4 Å². The molecule has 0 rings (SSSR count). The normalized spacial score (nSPS) is 9.27. The van der Waals surface area contributed by atoms with Gasteiger partial charge in [0.1, 0.15) is 0 Å². The average molecular weight is 214 g/mol. The second-order valence-electron chi connectivity index (χ2n) is 2.76. The standard InChI is InChI=1S/C8H14N4O3/c1-5(2)8(15)12(7(14)4-10)11-6(13)3-9/h1,3-4,9-10H2,2H3,(H,11,13). The second kappa shape index (κ2) is 5.89. The van der Waals surface area contributed by atoms with Crippen LogP contribution in [0.3, 0.4) is 0 Å². The number of imide groups is 1. The van der Waals surface area contributed by atoms with Crippen LogP contribution in [-0.4, -0.2) is 35.8 Å². The Balaban J connectivity index is 4.73. The van der Waals surface area contributed by atoms with Gasteiger partial charge in [0.05, 0.1) is 13.1 Å². The van der Waals surface area contributed by atoms with Gasteiger partial charge in [0.15, 0.2) is 0 Å². The minimum atomic E-state index is -0.732. The Labute approximate surface area is 87.0 Å². The van der Waals surface area contributed by atoms with Crippen molar-refractivity contribution in [1.82, 2.24) is 10.4 Å². The van der Waals surface area contributed by atoms with Crippen LogP contribution in [-0.2, 0) is 14.4 Å². The fraction of sp³-hybridized carbons (Fsp3) is 0.375. The largest absolute Gasteiger partial charge is 0.322 e. The molecule has 0 aromatic rings. The van der Waals surface area contributed by atoms with Gasteiger partial charge in [-0.25, -0.2) is 0 Å². The van der Waals surface area contributed by atoms with Gasteiger partial charge in [-0.15, -0.1) is 0 Å². The Morgan fingerprint density at radius 3 is 2.13 bits per heavy atom. The van der Waals surface area contributed by atoms with Crippen LogP contribution in [0.5, 0.6) is 0 Å². The molecule has 0 aromatic carbocycles. The molecule has 84 valence electrons. The van der Waals surface area contributed by atoms with Gasteiger partial charge >= 0.3 is 0 Å². The summed E-state index contributed by atoms with van der Waals surface area (Å²) in [4.78, 5) is 33.5. The predicted molar refractivity (Wildman–Crippen MR) is 52.9 cm³/mol. The van der Waals surface area contributed by atoms with Crippen molar-refractivity contribution < 1.29 is 14.4 Å². The van der Waals surface area contributed by atoms with E-state index < -0.39 is 24.3 Å². The Hall–Kier alpha value is -1.73. The van der Waals surface area contributed by atoms with Crippen LogP contribution in [0.1, 0.15) is 6.92 Å². The molecule has 3 amide bonds. The van der Waals surface area contributed by atoms with Crippen LogP contribution >= 0.6 is 0 Å². The van der Waals surface area contributed by atoms with E-state index >= 15 is 0 Å². The summed E-state index contributed by atoms with van der Waals surface area (Å²) in [5, 5.41) is 0.511. The average Bonchev–Trinajstić information content (AvgIpc) is 2.23. The fourth-order valence-corrected chi connectivity index (χ4v) is 0.679. The molecule has 0 aliphatic rings. The molecule has 0 saturated carbocycles. The minimum Gasteiger partial charge on any atom is -0.322 e. The lowest BCUT2D eigenvalue weighted by Gasteiger charge is -2.20. The lowest BCUT2D eigenvalue weighted by molar-refractivity contribution is -0.150. The maximum absolute atomic E-state index is 11.4. The smallest absolute Gasteiger partial charge is 0.274 e. The van der Waals surface area contributed by atoms with Crippen molar-refractivity contribution in [3.8, 4) is 0 Å². The highest BCUT2D eigenvalue weighted by Gasteiger charge is 2.22. The van der Waals surface area contributed by atoms with Crippen molar-refractivity contribution >= 4 is 17.7 Å². The lowest BCUT2D eigenvalue weighted by atomic mass is 10.3. The third kappa shape index (κ3) is 3.88. The van der Waals surface area contributed by atoms with Crippen molar-refractivity contribution in [2.24, 2.45) is 11.5 Å². The summed E-state index contributed by atoms with van der Waals surface area (Å²) in [7, 11) is 0. The number of carbonyl (C=O) groups is 3. The lowest BCUT2D eigenvalue weighted by Crippen LogP contribution is -2.53. The van der Waals surface area contributed by atoms with Crippen molar-refractivity contribution in [3.05, 3.63) is 12.2 Å². The summed E-state index contributed by atoms with van der Waals surface area (Å²) in [6, 6.07) is 0. The molecule has 0 bridgehead atoms. The molecular formula is C8H14N4O3. The molecule has 0 heterocycles. The molecule has 0 aliphatic heterocycles. The Morgan fingerprint density at radius 1 is 1.27 bits per heavy atom. The third-order valence-electron chi connectivity index (χ3n) is 1.41. The van der Waals surface area contributed by atoms with Gasteiger partial charge in [-0.3, -0.25) is 19.8 Å². The molecule has 0 atom stereocenters. The number of amides is 3. The van der Waals surface area contributed by atoms with Crippen molar-refractivity contribution in [1.29, 1.82) is 0 Å². The van der Waals surface area contributed by atoms with Crippen LogP contribution in [0.25, 0.3) is 0 Å². The molecule has 15 heavy (non-hydrogen) atoms. The van der Waals surface area contributed by atoms with Gasteiger partial charge in [-0.05, 0) is 6.92 Å². The highest BCUT2D eigenvalue weighted by Crippen LogP contribution is 1.95. The van der Waals surface area contributed by atoms with Gasteiger partial charge in [-0.2, -0.15) is 5.01 Å². The first-order valence-corrected chi connectivity index (χ1v) is 4.16. The van der Waals surface area contributed by atoms with Crippen LogP contribution in [0.4, 0.5) is 0 Å². The first-order valence-electron chi connectivity index (χ1n) is 4.16. The van der Waals surface area contributed by atoms with Crippen LogP contribution in [0, 0.1) is 0 Å². The summed E-state index contributed by atoms with van der Waals surface area (Å²) in [5.74, 6) is -2.11. The third-order valence-corrected chi connectivity index (χ3v) is 1.41. The Morgan fingerprint density at radius 2 is 1.80 bits per heavy atom. The molecule has 0 aliphatic carbocycles. The second-order valence-corrected chi connectivity index (χ2v) is 2.76. The summed E-state index contributed by atoms with van der Waals surface area (Å²) >= 11 is 0. The number of nitrogens with zero attached hydrogens (tertiary/aromatic N) is 1. The van der Waals surface area contributed by atoms with E-state index in [1.807, 2.05) is 5.43 Å². The van der Waals surface area contributed by atoms with Crippen LogP contribution in [0.15, 0.2) is 12.2 Å². The number of hydrogen-bond donors (Lipinski definition) is 3. The molecule has 0 saturated heterocycles. The zero-order chi connectivity index (χ0) is 12.0. The highest BCUT2D eigenvalue weighted by molar-refractivity contribution is 6.05. The first-order chi connectivity index (χ1) is 6.93. The molecule has 0 fully saturated rings. The fourth-order valence-electron chi connectivity index (χ4n) is 0.679. The zero-order valence-electron chi connectivity index (χ0n) is 8.45. The molecule has 5 N–H and O–H groups in total. The number of hydrogen-bond acceptors (Lipinski definition) is 5. The molecule has 0 aromatic heterocycles. The number of rotatable bonds is 3. The molecule has 7 nitrogen and oxygen atoms in total. The topological polar surface area (TPSA) is 119 Å². The zero-order valence-corrected chi connectivity index (χ0v) is 8.45. The van der Waals surface area contributed by atoms with Gasteiger partial charge < -0.3 is 11.5 Å². The molecular weight excluding hydrogens is 200 g/mol. The van der Waals surface area contributed by atoms with E-state index in [1.54, 1.807) is 0 Å². The maximum Gasteiger partial charge on any atom is 0.274 e. The first kappa shape index (κ1) is 13.3. The van der Waals surface area contributed by atoms with Crippen molar-refractivity contribution in [2.75, 3.05) is 13.1 Å². The summed E-state index contributed by atoms with van der Waals surface area (Å²) in [5.41, 5.74) is 12.2. The van der Waals surface area contributed by atoms with Gasteiger partial charge in [-0.1, -0.05) is 6.58 Å². The highest BCUT2D eigenvalue weighted by atomic mass is 16.2. The van der Waals surface area contributed by atoms with Gasteiger partial charge in [0.25, 0.3) is 17.7 Å². The predicted octanol–water partition coefficient (Wildman–Crippen LogP) is -2.13. The van der Waals surface area contributed by atoms with E-state index in [0.29, 0.717) is 5.01 Å². The van der Waals surface area contributed by atoms with Crippen molar-refractivity contribution in [3.63, 3.8) is 0 Å². The quantitative estimate of drug-likeness (QED) is 0.366. The number of hydrazine groups is 1. The molecule has 0 unspecified atom stereocenters. The minimum absolute atomic E-state index is 0.106. The van der Waals surface area contributed by atoms with Crippen LogP contribution in [0.2, 0.25) is 0 Å². The molecule has 7 heteroatoms. The van der Waals surface area contributed by atoms with E-state index in [0.717, 1.165) is 0 Å². The maximum atomic E-state index is 11.4. The number of nitrogens with two attached hydrogens (primary N) is 2. The van der Waals surface area contributed by atoms with Gasteiger partial charge in [0.2, 0.25) is 0 Å². The molecule has 0 spiro atoms. The molecule has 0 radical (unpaired) electrons. The summed E-state index contributed by atoms with van der Waals surface area (Å²) < 4.78 is 0. The Kier molecular flexibility index (Phi) is 5.21. The van der Waals surface area contributed by atoms with E-state index in [2.05, 4.69) is 6.58 Å². The van der Waals surface area contributed by atoms with E-state index in [1.165, 1.54) is 6.92 Å². The summed E-state index contributed by atoms with van der Waals surface area (Å²) in [6.07, 6.45) is 0. The SMILES string of the molecule is C=C(C)C(=O)N(NC(=O)CN)C(=O)CN. The van der Waals surface area contributed by atoms with E-state index in [-0.39, 0.29) is 12.1 Å². The number of carbonyl (C=O) groups excluding carboxylic acids is 3. The monoisotopic (exact) mass is 214 g/mol.